The zero-order valence-electron chi connectivity index (χ0n) is 13.2. The van der Waals surface area contributed by atoms with E-state index in [0.29, 0.717) is 12.1 Å². The molecule has 4 nitrogen and oxygen atoms in total. The van der Waals surface area contributed by atoms with Gasteiger partial charge in [0.2, 0.25) is 0 Å². The van der Waals surface area contributed by atoms with Crippen molar-refractivity contribution in [3.05, 3.63) is 46.1 Å². The number of unbranched alkanes of at least 4 members (excludes halogenated alkanes) is 1. The van der Waals surface area contributed by atoms with Crippen molar-refractivity contribution in [3.8, 4) is 6.07 Å². The van der Waals surface area contributed by atoms with Crippen LogP contribution in [0.5, 0.6) is 0 Å². The number of halogens is 1. The summed E-state index contributed by atoms with van der Waals surface area (Å²) in [6.07, 6.45) is 3.34. The molecule has 1 heterocycles. The van der Waals surface area contributed by atoms with Crippen molar-refractivity contribution in [1.82, 2.24) is 10.3 Å². The summed E-state index contributed by atoms with van der Waals surface area (Å²) in [7, 11) is 0. The summed E-state index contributed by atoms with van der Waals surface area (Å²) in [5, 5.41) is 13.1. The van der Waals surface area contributed by atoms with E-state index in [-0.39, 0.29) is 16.6 Å². The lowest BCUT2D eigenvalue weighted by Gasteiger charge is -2.05. The number of nitrogens with one attached hydrogen (secondary N) is 1. The fraction of sp³-hybridized carbons (Fsp3) is 0.278. The van der Waals surface area contributed by atoms with Gasteiger partial charge in [-0.3, -0.25) is 4.79 Å². The van der Waals surface area contributed by atoms with Crippen LogP contribution in [0, 0.1) is 18.3 Å². The third-order valence-electron chi connectivity index (χ3n) is 3.43. The fourth-order valence-electron chi connectivity index (χ4n) is 2.15. The first-order valence-corrected chi connectivity index (χ1v) is 7.90. The van der Waals surface area contributed by atoms with Gasteiger partial charge < -0.3 is 5.32 Å². The first-order valence-electron chi connectivity index (χ1n) is 7.52. The zero-order chi connectivity index (χ0) is 16.8. The molecule has 0 aliphatic rings. The van der Waals surface area contributed by atoms with Crippen LogP contribution in [0.2, 0.25) is 5.15 Å². The molecular formula is C18H18ClN3O. The normalized spacial score (nSPS) is 11.3. The highest BCUT2D eigenvalue weighted by Crippen LogP contribution is 2.23. The van der Waals surface area contributed by atoms with E-state index in [1.807, 2.05) is 44.2 Å². The molecule has 0 saturated heterocycles. The Bertz CT molecular complexity index is 806. The van der Waals surface area contributed by atoms with Gasteiger partial charge >= 0.3 is 0 Å². The molecule has 0 bridgehead atoms. The van der Waals surface area contributed by atoms with E-state index >= 15 is 0 Å². The molecule has 2 rings (SSSR count). The summed E-state index contributed by atoms with van der Waals surface area (Å²) in [5.74, 6) is -0.388. The van der Waals surface area contributed by atoms with Crippen LogP contribution in [0.15, 0.2) is 29.8 Å². The number of aromatic nitrogens is 1. The van der Waals surface area contributed by atoms with Gasteiger partial charge in [0.25, 0.3) is 5.91 Å². The number of rotatable bonds is 5. The van der Waals surface area contributed by atoms with E-state index in [9.17, 15) is 10.1 Å². The molecule has 1 N–H and O–H groups in total. The van der Waals surface area contributed by atoms with E-state index in [1.54, 1.807) is 0 Å². The Hall–Kier alpha value is -2.38. The van der Waals surface area contributed by atoms with E-state index in [0.717, 1.165) is 29.3 Å². The molecule has 5 heteroatoms. The molecule has 0 aliphatic carbocycles. The molecule has 2 aromatic rings. The van der Waals surface area contributed by atoms with E-state index < -0.39 is 0 Å². The van der Waals surface area contributed by atoms with Crippen LogP contribution in [0.3, 0.4) is 0 Å². The lowest BCUT2D eigenvalue weighted by Crippen LogP contribution is -2.25. The fourth-order valence-corrected chi connectivity index (χ4v) is 2.35. The first kappa shape index (κ1) is 17.0. The topological polar surface area (TPSA) is 65.8 Å². The maximum atomic E-state index is 12.0. The maximum absolute atomic E-state index is 12.0. The van der Waals surface area contributed by atoms with E-state index in [4.69, 9.17) is 11.6 Å². The van der Waals surface area contributed by atoms with Gasteiger partial charge in [0, 0.05) is 17.5 Å². The number of pyridine rings is 1. The van der Waals surface area contributed by atoms with Gasteiger partial charge in [0.1, 0.15) is 16.8 Å². The van der Waals surface area contributed by atoms with Crippen molar-refractivity contribution in [2.45, 2.75) is 26.7 Å². The predicted molar refractivity (Wildman–Crippen MR) is 93.0 cm³/mol. The maximum Gasteiger partial charge on any atom is 0.261 e. The second-order valence-electron chi connectivity index (χ2n) is 5.34. The molecule has 23 heavy (non-hydrogen) atoms. The zero-order valence-corrected chi connectivity index (χ0v) is 13.9. The van der Waals surface area contributed by atoms with Crippen LogP contribution in [-0.4, -0.2) is 17.4 Å². The third-order valence-corrected chi connectivity index (χ3v) is 3.74. The monoisotopic (exact) mass is 327 g/mol. The van der Waals surface area contributed by atoms with Gasteiger partial charge in [-0.25, -0.2) is 4.98 Å². The average molecular weight is 328 g/mol. The summed E-state index contributed by atoms with van der Waals surface area (Å²) in [5.41, 5.74) is 2.47. The highest BCUT2D eigenvalue weighted by Gasteiger charge is 2.11. The van der Waals surface area contributed by atoms with Crippen molar-refractivity contribution in [1.29, 1.82) is 5.26 Å². The number of fused-ring (bicyclic) bond motifs is 1. The van der Waals surface area contributed by atoms with E-state index in [1.165, 1.54) is 6.08 Å². The lowest BCUT2D eigenvalue weighted by atomic mass is 10.1. The van der Waals surface area contributed by atoms with Crippen LogP contribution < -0.4 is 5.32 Å². The molecule has 0 radical (unpaired) electrons. The number of hydrogen-bond donors (Lipinski definition) is 1. The Balaban J connectivity index is 2.34. The summed E-state index contributed by atoms with van der Waals surface area (Å²) in [6, 6.07) is 9.62. The standard InChI is InChI=1S/C18H18ClN3O/c1-3-4-7-21-18(23)15(11-20)10-14-9-13-6-5-12(2)8-16(13)22-17(14)19/h5-6,8-10H,3-4,7H2,1-2H3,(H,21,23)/b15-10+. The number of carbonyl (C=O) groups excluding carboxylic acids is 1. The number of nitriles is 1. The highest BCUT2D eigenvalue weighted by molar-refractivity contribution is 6.31. The van der Waals surface area contributed by atoms with Crippen LogP contribution >= 0.6 is 11.6 Å². The Kier molecular flexibility index (Phi) is 5.72. The minimum atomic E-state index is -0.388. The molecular weight excluding hydrogens is 310 g/mol. The third kappa shape index (κ3) is 4.30. The van der Waals surface area contributed by atoms with Gasteiger partial charge in [-0.15, -0.1) is 0 Å². The largest absolute Gasteiger partial charge is 0.351 e. The van der Waals surface area contributed by atoms with Gasteiger partial charge in [-0.05, 0) is 37.1 Å². The number of amides is 1. The van der Waals surface area contributed by atoms with Crippen LogP contribution in [0.4, 0.5) is 0 Å². The Morgan fingerprint density at radius 2 is 2.22 bits per heavy atom. The molecule has 1 amide bonds. The minimum absolute atomic E-state index is 0.0243. The average Bonchev–Trinajstić information content (AvgIpc) is 2.53. The van der Waals surface area contributed by atoms with Crippen LogP contribution in [0.1, 0.15) is 30.9 Å². The molecule has 0 aliphatic heterocycles. The first-order chi connectivity index (χ1) is 11.0. The van der Waals surface area contributed by atoms with Crippen molar-refractivity contribution < 1.29 is 4.79 Å². The minimum Gasteiger partial charge on any atom is -0.351 e. The van der Waals surface area contributed by atoms with Gasteiger partial charge in [0.15, 0.2) is 0 Å². The second-order valence-corrected chi connectivity index (χ2v) is 5.70. The summed E-state index contributed by atoms with van der Waals surface area (Å²) >= 11 is 6.19. The molecule has 1 aromatic heterocycles. The molecule has 0 unspecified atom stereocenters. The van der Waals surface area contributed by atoms with Crippen molar-refractivity contribution in [3.63, 3.8) is 0 Å². The van der Waals surface area contributed by atoms with Gasteiger partial charge in [-0.1, -0.05) is 37.1 Å². The Morgan fingerprint density at radius 1 is 1.43 bits per heavy atom. The van der Waals surface area contributed by atoms with Crippen LogP contribution in [0.25, 0.3) is 17.0 Å². The predicted octanol–water partition coefficient (Wildman–Crippen LogP) is 4.02. The number of hydrogen-bond acceptors (Lipinski definition) is 3. The van der Waals surface area contributed by atoms with E-state index in [2.05, 4.69) is 10.3 Å². The quantitative estimate of drug-likeness (QED) is 0.390. The van der Waals surface area contributed by atoms with Crippen molar-refractivity contribution >= 4 is 34.5 Å². The second kappa shape index (κ2) is 7.75. The lowest BCUT2D eigenvalue weighted by molar-refractivity contribution is -0.117. The SMILES string of the molecule is CCCCNC(=O)/C(C#N)=C/c1cc2ccc(C)cc2nc1Cl. The summed E-state index contributed by atoms with van der Waals surface area (Å²) in [6.45, 7) is 4.57. The molecule has 0 spiro atoms. The number of benzene rings is 1. The molecule has 118 valence electrons. The Morgan fingerprint density at radius 3 is 2.91 bits per heavy atom. The molecule has 1 aromatic carbocycles. The van der Waals surface area contributed by atoms with Crippen molar-refractivity contribution in [2.75, 3.05) is 6.54 Å². The Labute approximate surface area is 140 Å². The number of aryl methyl sites for hydroxylation is 1. The smallest absolute Gasteiger partial charge is 0.261 e. The van der Waals surface area contributed by atoms with Crippen molar-refractivity contribution in [2.24, 2.45) is 0 Å². The van der Waals surface area contributed by atoms with Crippen LogP contribution in [-0.2, 0) is 4.79 Å². The summed E-state index contributed by atoms with van der Waals surface area (Å²) in [4.78, 5) is 16.3. The van der Waals surface area contributed by atoms with Gasteiger partial charge in [0.05, 0.1) is 5.52 Å². The number of nitrogens with zero attached hydrogens (tertiary/aromatic N) is 2. The molecule has 0 fully saturated rings. The molecule has 0 atom stereocenters. The van der Waals surface area contributed by atoms with Gasteiger partial charge in [-0.2, -0.15) is 5.26 Å². The molecule has 0 saturated carbocycles. The highest BCUT2D eigenvalue weighted by atomic mass is 35.5. The number of carbonyl (C=O) groups is 1. The summed E-state index contributed by atoms with van der Waals surface area (Å²) < 4.78 is 0.